The highest BCUT2D eigenvalue weighted by molar-refractivity contribution is 4.82. The van der Waals surface area contributed by atoms with Crippen LogP contribution in [-0.2, 0) is 9.47 Å². The van der Waals surface area contributed by atoms with E-state index in [9.17, 15) is 5.11 Å². The molecular weight excluding hydrogens is 146 g/mol. The molecule has 4 heteroatoms. The summed E-state index contributed by atoms with van der Waals surface area (Å²) < 4.78 is 10.2. The molecule has 1 heterocycles. The lowest BCUT2D eigenvalue weighted by Gasteiger charge is -2.35. The number of aliphatic hydroxyl groups is 1. The van der Waals surface area contributed by atoms with Crippen LogP contribution in [0.1, 0.15) is 13.3 Å². The Balaban J connectivity index is 2.51. The predicted octanol–water partition coefficient (Wildman–Crippen LogP) is -0.544. The second-order valence-electron chi connectivity index (χ2n) is 2.94. The maximum Gasteiger partial charge on any atom is 0.184 e. The number of nitrogens with two attached hydrogens (primary N) is 1. The third-order valence-corrected chi connectivity index (χ3v) is 1.92. The summed E-state index contributed by atoms with van der Waals surface area (Å²) in [6.07, 6.45) is -0.510. The van der Waals surface area contributed by atoms with Gasteiger partial charge in [0.25, 0.3) is 0 Å². The van der Waals surface area contributed by atoms with Crippen molar-refractivity contribution in [3.63, 3.8) is 0 Å². The highest BCUT2D eigenvalue weighted by Gasteiger charge is 2.33. The van der Waals surface area contributed by atoms with E-state index in [-0.39, 0.29) is 12.1 Å². The van der Waals surface area contributed by atoms with Crippen LogP contribution in [0.25, 0.3) is 0 Å². The van der Waals surface area contributed by atoms with Crippen molar-refractivity contribution in [2.45, 2.75) is 37.9 Å². The molecule has 0 unspecified atom stereocenters. The molecule has 4 nitrogen and oxygen atoms in total. The van der Waals surface area contributed by atoms with Crippen LogP contribution in [0.4, 0.5) is 0 Å². The maximum atomic E-state index is 9.38. The van der Waals surface area contributed by atoms with E-state index in [1.807, 2.05) is 6.92 Å². The van der Waals surface area contributed by atoms with Crippen molar-refractivity contribution >= 4 is 0 Å². The molecule has 11 heavy (non-hydrogen) atoms. The molecule has 1 aliphatic rings. The van der Waals surface area contributed by atoms with E-state index in [0.717, 1.165) is 0 Å². The van der Waals surface area contributed by atoms with Gasteiger partial charge < -0.3 is 20.3 Å². The minimum atomic E-state index is -0.698. The van der Waals surface area contributed by atoms with Gasteiger partial charge in [0, 0.05) is 13.2 Å². The molecule has 0 aromatic heterocycles. The lowest BCUT2D eigenvalue weighted by atomic mass is 10.0. The summed E-state index contributed by atoms with van der Waals surface area (Å²) in [5.74, 6) is 0. The summed E-state index contributed by atoms with van der Waals surface area (Å²) in [6.45, 7) is 1.91. The average Bonchev–Trinajstić information content (AvgIpc) is 1.96. The Kier molecular flexibility index (Phi) is 2.84. The first-order chi connectivity index (χ1) is 5.15. The number of rotatable bonds is 1. The number of hydrogen-bond donors (Lipinski definition) is 2. The Labute approximate surface area is 66.3 Å². The first kappa shape index (κ1) is 8.93. The Hall–Kier alpha value is -0.160. The quantitative estimate of drug-likeness (QED) is 0.542. The Morgan fingerprint density at radius 3 is 2.82 bits per heavy atom. The van der Waals surface area contributed by atoms with Crippen molar-refractivity contribution in [2.75, 3.05) is 7.11 Å². The molecule has 0 amide bonds. The van der Waals surface area contributed by atoms with Crippen LogP contribution in [0.2, 0.25) is 0 Å². The minimum Gasteiger partial charge on any atom is -0.386 e. The van der Waals surface area contributed by atoms with Crippen LogP contribution in [0.5, 0.6) is 0 Å². The van der Waals surface area contributed by atoms with Gasteiger partial charge in [-0.05, 0) is 13.3 Å². The zero-order chi connectivity index (χ0) is 8.43. The second-order valence-corrected chi connectivity index (χ2v) is 2.94. The molecule has 0 aliphatic carbocycles. The van der Waals surface area contributed by atoms with Gasteiger partial charge in [0.05, 0.1) is 6.10 Å². The Bertz CT molecular complexity index is 131. The summed E-state index contributed by atoms with van der Waals surface area (Å²) in [7, 11) is 1.50. The van der Waals surface area contributed by atoms with Crippen molar-refractivity contribution in [3.8, 4) is 0 Å². The van der Waals surface area contributed by atoms with Crippen LogP contribution in [0, 0.1) is 0 Å². The zero-order valence-corrected chi connectivity index (χ0v) is 6.86. The predicted molar refractivity (Wildman–Crippen MR) is 39.9 cm³/mol. The van der Waals surface area contributed by atoms with E-state index in [4.69, 9.17) is 15.2 Å². The van der Waals surface area contributed by atoms with Gasteiger partial charge in [-0.3, -0.25) is 0 Å². The molecule has 1 fully saturated rings. The Morgan fingerprint density at radius 2 is 2.27 bits per heavy atom. The summed E-state index contributed by atoms with van der Waals surface area (Å²) in [5, 5.41) is 9.38. The van der Waals surface area contributed by atoms with Crippen LogP contribution in [0.15, 0.2) is 0 Å². The smallest absolute Gasteiger partial charge is 0.184 e. The molecule has 0 radical (unpaired) electrons. The van der Waals surface area contributed by atoms with Gasteiger partial charge in [-0.25, -0.2) is 0 Å². The van der Waals surface area contributed by atoms with E-state index in [1.54, 1.807) is 0 Å². The first-order valence-corrected chi connectivity index (χ1v) is 3.77. The topological polar surface area (TPSA) is 64.7 Å². The highest BCUT2D eigenvalue weighted by Crippen LogP contribution is 2.18. The summed E-state index contributed by atoms with van der Waals surface area (Å²) >= 11 is 0. The normalized spacial score (nSPS) is 45.8. The van der Waals surface area contributed by atoms with Crippen LogP contribution in [0.3, 0.4) is 0 Å². The van der Waals surface area contributed by atoms with Gasteiger partial charge in [0.1, 0.15) is 6.10 Å². The van der Waals surface area contributed by atoms with Crippen LogP contribution < -0.4 is 5.73 Å². The number of methoxy groups -OCH3 is 1. The average molecular weight is 161 g/mol. The highest BCUT2D eigenvalue weighted by atomic mass is 16.7. The zero-order valence-electron chi connectivity index (χ0n) is 6.86. The van der Waals surface area contributed by atoms with Crippen molar-refractivity contribution in [1.29, 1.82) is 0 Å². The molecular formula is C7H15NO3. The first-order valence-electron chi connectivity index (χ1n) is 3.77. The maximum absolute atomic E-state index is 9.38. The van der Waals surface area contributed by atoms with Crippen molar-refractivity contribution in [1.82, 2.24) is 0 Å². The molecule has 0 aromatic carbocycles. The number of ether oxygens (including phenoxy) is 2. The summed E-state index contributed by atoms with van der Waals surface area (Å²) in [5.41, 5.74) is 5.62. The molecule has 1 saturated heterocycles. The lowest BCUT2D eigenvalue weighted by molar-refractivity contribution is -0.230. The van der Waals surface area contributed by atoms with E-state index >= 15 is 0 Å². The van der Waals surface area contributed by atoms with Gasteiger partial charge in [0.15, 0.2) is 6.29 Å². The second kappa shape index (κ2) is 3.49. The molecule has 4 atom stereocenters. The standard InChI is InChI=1S/C7H15NO3/c1-4-3-5(8)6(9)7(10-2)11-4/h4-7,9H,3,8H2,1-2H3/t4-,5-,6+,7+/m1/s1. The SMILES string of the molecule is CO[C@H]1O[C@H](C)C[C@@H](N)[C@@H]1O. The largest absolute Gasteiger partial charge is 0.386 e. The molecule has 1 rings (SSSR count). The van der Waals surface area contributed by atoms with Gasteiger partial charge in [-0.2, -0.15) is 0 Å². The molecule has 66 valence electrons. The molecule has 0 aromatic rings. The monoisotopic (exact) mass is 161 g/mol. The summed E-state index contributed by atoms with van der Waals surface area (Å²) in [6, 6.07) is -0.233. The molecule has 0 saturated carbocycles. The third kappa shape index (κ3) is 1.90. The van der Waals surface area contributed by atoms with Crippen molar-refractivity contribution in [3.05, 3.63) is 0 Å². The molecule has 1 aliphatic heterocycles. The van der Waals surface area contributed by atoms with Gasteiger partial charge in [-0.15, -0.1) is 0 Å². The molecule has 0 spiro atoms. The number of hydrogen-bond acceptors (Lipinski definition) is 4. The van der Waals surface area contributed by atoms with Crippen molar-refractivity contribution in [2.24, 2.45) is 5.73 Å². The summed E-state index contributed by atoms with van der Waals surface area (Å²) in [4.78, 5) is 0. The van der Waals surface area contributed by atoms with Gasteiger partial charge in [-0.1, -0.05) is 0 Å². The van der Waals surface area contributed by atoms with E-state index < -0.39 is 12.4 Å². The molecule has 0 bridgehead atoms. The fraction of sp³-hybridized carbons (Fsp3) is 1.00. The van der Waals surface area contributed by atoms with E-state index in [0.29, 0.717) is 6.42 Å². The molecule has 3 N–H and O–H groups in total. The number of aliphatic hydroxyl groups excluding tert-OH is 1. The third-order valence-electron chi connectivity index (χ3n) is 1.92. The van der Waals surface area contributed by atoms with E-state index in [1.165, 1.54) is 7.11 Å². The fourth-order valence-corrected chi connectivity index (χ4v) is 1.28. The van der Waals surface area contributed by atoms with Crippen molar-refractivity contribution < 1.29 is 14.6 Å². The van der Waals surface area contributed by atoms with Gasteiger partial charge in [0.2, 0.25) is 0 Å². The lowest BCUT2D eigenvalue weighted by Crippen LogP contribution is -2.52. The van der Waals surface area contributed by atoms with Crippen LogP contribution >= 0.6 is 0 Å². The van der Waals surface area contributed by atoms with E-state index in [2.05, 4.69) is 0 Å². The van der Waals surface area contributed by atoms with Crippen LogP contribution in [-0.4, -0.2) is 36.8 Å². The minimum absolute atomic E-state index is 0.0679. The van der Waals surface area contributed by atoms with Gasteiger partial charge >= 0.3 is 0 Å². The Morgan fingerprint density at radius 1 is 1.64 bits per heavy atom. The fourth-order valence-electron chi connectivity index (χ4n) is 1.28.